The van der Waals surface area contributed by atoms with Gasteiger partial charge in [0.25, 0.3) is 0 Å². The molecular weight excluding hydrogens is 321 g/mol. The Kier molecular flexibility index (Phi) is 5.89. The van der Waals surface area contributed by atoms with Crippen LogP contribution >= 0.6 is 0 Å². The molecule has 0 N–H and O–H groups in total. The van der Waals surface area contributed by atoms with Gasteiger partial charge in [0, 0.05) is 6.42 Å². The lowest BCUT2D eigenvalue weighted by Crippen LogP contribution is -2.09. The molecule has 0 amide bonds. The van der Waals surface area contributed by atoms with Crippen LogP contribution < -0.4 is 0 Å². The minimum absolute atomic E-state index is 0.0130. The van der Waals surface area contributed by atoms with Crippen LogP contribution in [0.3, 0.4) is 0 Å². The Morgan fingerprint density at radius 3 is 2.28 bits per heavy atom. The molecule has 2 aromatic carbocycles. The van der Waals surface area contributed by atoms with Gasteiger partial charge in [0.15, 0.2) is 0 Å². The molecule has 2 aromatic rings. The molecule has 132 valence electrons. The maximum absolute atomic E-state index is 12.6. The minimum atomic E-state index is -4.15. The van der Waals surface area contributed by atoms with Crippen molar-refractivity contribution < 1.29 is 13.2 Å². The zero-order chi connectivity index (χ0) is 18.6. The molecule has 0 radical (unpaired) electrons. The SMILES string of the molecule is C=C(/C=C\c1c(C)cccc1CCC(F)(F)F)c1cc(C)cc(C)c1. The van der Waals surface area contributed by atoms with Crippen molar-refractivity contribution in [1.29, 1.82) is 0 Å². The minimum Gasteiger partial charge on any atom is -0.171 e. The molecule has 0 bridgehead atoms. The molecule has 0 spiro atoms. The molecule has 0 atom stereocenters. The van der Waals surface area contributed by atoms with E-state index in [4.69, 9.17) is 0 Å². The Balaban J connectivity index is 2.26. The van der Waals surface area contributed by atoms with Gasteiger partial charge in [-0.1, -0.05) is 66.3 Å². The average Bonchev–Trinajstić information content (AvgIpc) is 2.50. The number of allylic oxidation sites excluding steroid dienone is 2. The molecule has 0 saturated carbocycles. The van der Waals surface area contributed by atoms with E-state index in [0.29, 0.717) is 5.56 Å². The third-order valence-electron chi connectivity index (χ3n) is 4.14. The fourth-order valence-electron chi connectivity index (χ4n) is 2.91. The standard InChI is InChI=1S/C22H23F3/c1-15-12-16(2)14-20(13-15)17(3)8-9-21-18(4)6-5-7-19(21)10-11-22(23,24)25/h5-9,12-14H,3,10-11H2,1-2,4H3/b9-8-. The summed E-state index contributed by atoms with van der Waals surface area (Å²) in [7, 11) is 0. The maximum atomic E-state index is 12.6. The van der Waals surface area contributed by atoms with Crippen LogP contribution in [0.2, 0.25) is 0 Å². The average molecular weight is 344 g/mol. The third kappa shape index (κ3) is 5.63. The summed E-state index contributed by atoms with van der Waals surface area (Å²) in [4.78, 5) is 0. The second-order valence-electron chi connectivity index (χ2n) is 6.50. The van der Waals surface area contributed by atoms with Crippen molar-refractivity contribution in [1.82, 2.24) is 0 Å². The van der Waals surface area contributed by atoms with Crippen molar-refractivity contribution in [3.05, 3.63) is 82.4 Å². The molecule has 0 saturated heterocycles. The fourth-order valence-corrected chi connectivity index (χ4v) is 2.91. The van der Waals surface area contributed by atoms with E-state index in [9.17, 15) is 13.2 Å². The quantitative estimate of drug-likeness (QED) is 0.521. The van der Waals surface area contributed by atoms with Crippen LogP contribution in [0.4, 0.5) is 13.2 Å². The summed E-state index contributed by atoms with van der Waals surface area (Å²) in [5.41, 5.74) is 6.71. The fraction of sp³-hybridized carbons (Fsp3) is 0.273. The summed E-state index contributed by atoms with van der Waals surface area (Å²) < 4.78 is 37.7. The highest BCUT2D eigenvalue weighted by Crippen LogP contribution is 2.26. The van der Waals surface area contributed by atoms with Crippen molar-refractivity contribution in [3.63, 3.8) is 0 Å². The molecule has 0 aliphatic carbocycles. The molecule has 0 heterocycles. The highest BCUT2D eigenvalue weighted by molar-refractivity contribution is 5.78. The van der Waals surface area contributed by atoms with Crippen LogP contribution in [0.25, 0.3) is 11.6 Å². The summed E-state index contributed by atoms with van der Waals surface area (Å²) in [6.07, 6.45) is -1.21. The van der Waals surface area contributed by atoms with Gasteiger partial charge in [0.2, 0.25) is 0 Å². The lowest BCUT2D eigenvalue weighted by atomic mass is 9.96. The first kappa shape index (κ1) is 19.0. The van der Waals surface area contributed by atoms with Crippen LogP contribution in [-0.2, 0) is 6.42 Å². The maximum Gasteiger partial charge on any atom is 0.389 e. The molecule has 0 aliphatic heterocycles. The number of halogens is 3. The van der Waals surface area contributed by atoms with Gasteiger partial charge in [-0.15, -0.1) is 0 Å². The Hall–Kier alpha value is -2.29. The van der Waals surface area contributed by atoms with E-state index in [1.54, 1.807) is 12.1 Å². The van der Waals surface area contributed by atoms with E-state index in [1.165, 1.54) is 0 Å². The van der Waals surface area contributed by atoms with E-state index in [0.717, 1.165) is 33.4 Å². The largest absolute Gasteiger partial charge is 0.389 e. The first-order chi connectivity index (χ1) is 11.7. The monoisotopic (exact) mass is 344 g/mol. The second-order valence-corrected chi connectivity index (χ2v) is 6.50. The summed E-state index contributed by atoms with van der Waals surface area (Å²) >= 11 is 0. The van der Waals surface area contributed by atoms with Crippen molar-refractivity contribution in [2.45, 2.75) is 39.8 Å². The highest BCUT2D eigenvalue weighted by atomic mass is 19.4. The molecule has 0 fully saturated rings. The lowest BCUT2D eigenvalue weighted by Gasteiger charge is -2.11. The van der Waals surface area contributed by atoms with Crippen LogP contribution in [-0.4, -0.2) is 6.18 Å². The summed E-state index contributed by atoms with van der Waals surface area (Å²) in [6, 6.07) is 11.7. The van der Waals surface area contributed by atoms with Crippen molar-refractivity contribution in [2.24, 2.45) is 0 Å². The lowest BCUT2D eigenvalue weighted by molar-refractivity contribution is -0.134. The molecule has 0 aliphatic rings. The Labute approximate surface area is 147 Å². The van der Waals surface area contributed by atoms with Crippen molar-refractivity contribution in [2.75, 3.05) is 0 Å². The third-order valence-corrected chi connectivity index (χ3v) is 4.14. The first-order valence-corrected chi connectivity index (χ1v) is 8.26. The number of alkyl halides is 3. The van der Waals surface area contributed by atoms with E-state index in [1.807, 2.05) is 39.0 Å². The van der Waals surface area contributed by atoms with Crippen molar-refractivity contribution >= 4 is 11.6 Å². The predicted molar refractivity (Wildman–Crippen MR) is 99.5 cm³/mol. The Bertz CT molecular complexity index is 775. The molecule has 0 unspecified atom stereocenters. The first-order valence-electron chi connectivity index (χ1n) is 8.26. The molecule has 25 heavy (non-hydrogen) atoms. The Morgan fingerprint density at radius 1 is 1.04 bits per heavy atom. The number of aryl methyl sites for hydroxylation is 4. The summed E-state index contributed by atoms with van der Waals surface area (Å²) in [5, 5.41) is 0. The van der Waals surface area contributed by atoms with Gasteiger partial charge in [0.05, 0.1) is 0 Å². The molecular formula is C22H23F3. The van der Waals surface area contributed by atoms with Gasteiger partial charge in [-0.25, -0.2) is 0 Å². The molecule has 0 aromatic heterocycles. The predicted octanol–water partition coefficient (Wildman–Crippen LogP) is 6.83. The van der Waals surface area contributed by atoms with Crippen molar-refractivity contribution in [3.8, 4) is 0 Å². The molecule has 0 nitrogen and oxygen atoms in total. The number of hydrogen-bond acceptors (Lipinski definition) is 0. The Morgan fingerprint density at radius 2 is 1.68 bits per heavy atom. The van der Waals surface area contributed by atoms with Crippen LogP contribution in [0.5, 0.6) is 0 Å². The zero-order valence-corrected chi connectivity index (χ0v) is 14.9. The van der Waals surface area contributed by atoms with Gasteiger partial charge in [0.1, 0.15) is 0 Å². The van der Waals surface area contributed by atoms with Gasteiger partial charge in [-0.2, -0.15) is 13.2 Å². The summed E-state index contributed by atoms with van der Waals surface area (Å²) in [6.45, 7) is 10.1. The van der Waals surface area contributed by atoms with Gasteiger partial charge in [-0.05, 0) is 55.0 Å². The van der Waals surface area contributed by atoms with E-state index >= 15 is 0 Å². The number of hydrogen-bond donors (Lipinski definition) is 0. The number of rotatable bonds is 5. The number of benzene rings is 2. The molecule has 3 heteroatoms. The smallest absolute Gasteiger partial charge is 0.171 e. The molecule has 2 rings (SSSR count). The zero-order valence-electron chi connectivity index (χ0n) is 14.9. The van der Waals surface area contributed by atoms with Crippen LogP contribution in [0.15, 0.2) is 49.1 Å². The summed E-state index contributed by atoms with van der Waals surface area (Å²) in [5.74, 6) is 0. The van der Waals surface area contributed by atoms with Gasteiger partial charge in [-0.3, -0.25) is 0 Å². The van der Waals surface area contributed by atoms with E-state index in [-0.39, 0.29) is 6.42 Å². The van der Waals surface area contributed by atoms with E-state index < -0.39 is 12.6 Å². The van der Waals surface area contributed by atoms with Gasteiger partial charge < -0.3 is 0 Å². The normalized spacial score (nSPS) is 11.9. The van der Waals surface area contributed by atoms with Gasteiger partial charge >= 0.3 is 6.18 Å². The van der Waals surface area contributed by atoms with Crippen LogP contribution in [0.1, 0.15) is 39.8 Å². The van der Waals surface area contributed by atoms with Crippen LogP contribution in [0, 0.1) is 20.8 Å². The topological polar surface area (TPSA) is 0 Å². The second kappa shape index (κ2) is 7.73. The highest BCUT2D eigenvalue weighted by Gasteiger charge is 2.26. The van der Waals surface area contributed by atoms with E-state index in [2.05, 4.69) is 24.8 Å².